The summed E-state index contributed by atoms with van der Waals surface area (Å²) in [6.07, 6.45) is 4.05. The van der Waals surface area contributed by atoms with Gasteiger partial charge in [0.05, 0.1) is 0 Å². The van der Waals surface area contributed by atoms with Crippen molar-refractivity contribution in [1.29, 1.82) is 0 Å². The highest BCUT2D eigenvalue weighted by Gasteiger charge is 2.10. The number of hydrogen-bond acceptors (Lipinski definition) is 0. The average molecular weight is 276 g/mol. The maximum atomic E-state index is 3.94. The summed E-state index contributed by atoms with van der Waals surface area (Å²) < 4.78 is 0. The largest absolute Gasteiger partial charge is 0.0985 e. The Hall–Kier alpha value is -2.08. The molecule has 108 valence electrons. The first-order chi connectivity index (χ1) is 9.99. The Morgan fingerprint density at radius 3 is 2.38 bits per heavy atom. The maximum Gasteiger partial charge on any atom is -0.00791 e. The van der Waals surface area contributed by atoms with Crippen LogP contribution in [-0.4, -0.2) is 0 Å². The molecule has 0 bridgehead atoms. The molecule has 21 heavy (non-hydrogen) atoms. The van der Waals surface area contributed by atoms with Crippen LogP contribution in [0.5, 0.6) is 0 Å². The van der Waals surface area contributed by atoms with E-state index in [2.05, 4.69) is 77.6 Å². The fraction of sp³-hybridized carbons (Fsp3) is 0.238. The molecule has 0 aliphatic heterocycles. The minimum Gasteiger partial charge on any atom is -0.0985 e. The van der Waals surface area contributed by atoms with Gasteiger partial charge in [-0.3, -0.25) is 0 Å². The number of hydrogen-bond donors (Lipinski definition) is 0. The standard InChI is InChI=1S/C21H24/c1-7-17(8-2)19-12-18-11-9-10-15(5)21(18)20(13-19)16(6)14(3)4/h7-13H,1H2,2-6H3/b17-8+. The van der Waals surface area contributed by atoms with Crippen LogP contribution in [0.2, 0.25) is 0 Å². The molecule has 0 heterocycles. The first-order valence-corrected chi connectivity index (χ1v) is 7.46. The van der Waals surface area contributed by atoms with Gasteiger partial charge >= 0.3 is 0 Å². The Kier molecular flexibility index (Phi) is 4.47. The molecule has 0 nitrogen and oxygen atoms in total. The van der Waals surface area contributed by atoms with Crippen molar-refractivity contribution in [2.24, 2.45) is 0 Å². The van der Waals surface area contributed by atoms with Gasteiger partial charge in [-0.1, -0.05) is 42.5 Å². The molecular formula is C21H24. The predicted molar refractivity (Wildman–Crippen MR) is 96.5 cm³/mol. The highest BCUT2D eigenvalue weighted by Crippen LogP contribution is 2.33. The van der Waals surface area contributed by atoms with Crippen molar-refractivity contribution >= 4 is 21.9 Å². The Labute approximate surface area is 128 Å². The van der Waals surface area contributed by atoms with Crippen LogP contribution in [0, 0.1) is 6.92 Å². The Morgan fingerprint density at radius 1 is 1.10 bits per heavy atom. The summed E-state index contributed by atoms with van der Waals surface area (Å²) >= 11 is 0. The summed E-state index contributed by atoms with van der Waals surface area (Å²) in [4.78, 5) is 0. The molecule has 0 saturated carbocycles. The number of rotatable bonds is 3. The number of allylic oxidation sites excluding steroid dienone is 5. The molecule has 0 spiro atoms. The van der Waals surface area contributed by atoms with Crippen LogP contribution in [0.3, 0.4) is 0 Å². The second-order valence-corrected chi connectivity index (χ2v) is 5.77. The number of fused-ring (bicyclic) bond motifs is 1. The lowest BCUT2D eigenvalue weighted by Crippen LogP contribution is -1.92. The van der Waals surface area contributed by atoms with Crippen molar-refractivity contribution in [2.45, 2.75) is 34.6 Å². The van der Waals surface area contributed by atoms with Crippen LogP contribution >= 0.6 is 0 Å². The van der Waals surface area contributed by atoms with E-state index < -0.39 is 0 Å². The molecule has 0 aliphatic carbocycles. The zero-order valence-electron chi connectivity index (χ0n) is 13.7. The Balaban J connectivity index is 2.92. The average Bonchev–Trinajstić information content (AvgIpc) is 2.47. The molecule has 0 saturated heterocycles. The van der Waals surface area contributed by atoms with Crippen LogP contribution in [-0.2, 0) is 0 Å². The zero-order valence-corrected chi connectivity index (χ0v) is 13.7. The number of aryl methyl sites for hydroxylation is 1. The summed E-state index contributed by atoms with van der Waals surface area (Å²) in [5.41, 5.74) is 7.80. The van der Waals surface area contributed by atoms with E-state index >= 15 is 0 Å². The quantitative estimate of drug-likeness (QED) is 0.557. The molecular weight excluding hydrogens is 252 g/mol. The van der Waals surface area contributed by atoms with Crippen LogP contribution in [0.15, 0.2) is 54.6 Å². The third-order valence-corrected chi connectivity index (χ3v) is 4.20. The van der Waals surface area contributed by atoms with Crippen molar-refractivity contribution in [3.63, 3.8) is 0 Å². The van der Waals surface area contributed by atoms with Crippen molar-refractivity contribution in [2.75, 3.05) is 0 Å². The van der Waals surface area contributed by atoms with E-state index in [9.17, 15) is 0 Å². The summed E-state index contributed by atoms with van der Waals surface area (Å²) in [5.74, 6) is 0. The van der Waals surface area contributed by atoms with E-state index in [0.29, 0.717) is 0 Å². The van der Waals surface area contributed by atoms with Gasteiger partial charge in [-0.25, -0.2) is 0 Å². The van der Waals surface area contributed by atoms with Crippen LogP contribution in [0.1, 0.15) is 44.4 Å². The highest BCUT2D eigenvalue weighted by molar-refractivity contribution is 5.99. The molecule has 0 aromatic heterocycles. The van der Waals surface area contributed by atoms with Gasteiger partial charge in [-0.05, 0) is 85.4 Å². The molecule has 0 heteroatoms. The first kappa shape index (κ1) is 15.3. The van der Waals surface area contributed by atoms with Crippen LogP contribution < -0.4 is 0 Å². The van der Waals surface area contributed by atoms with Crippen molar-refractivity contribution < 1.29 is 0 Å². The molecule has 0 amide bonds. The third kappa shape index (κ3) is 2.85. The topological polar surface area (TPSA) is 0 Å². The van der Waals surface area contributed by atoms with Crippen molar-refractivity contribution in [3.8, 4) is 0 Å². The lowest BCUT2D eigenvalue weighted by Gasteiger charge is -2.15. The smallest absolute Gasteiger partial charge is 0.00791 e. The summed E-state index contributed by atoms with van der Waals surface area (Å²) in [5, 5.41) is 2.66. The van der Waals surface area contributed by atoms with Crippen molar-refractivity contribution in [3.05, 3.63) is 71.3 Å². The molecule has 0 aliphatic rings. The fourth-order valence-electron chi connectivity index (χ4n) is 2.75. The molecule has 2 aromatic rings. The van der Waals surface area contributed by atoms with Crippen LogP contribution in [0.25, 0.3) is 21.9 Å². The minimum absolute atomic E-state index is 1.18. The van der Waals surface area contributed by atoms with Gasteiger partial charge in [-0.2, -0.15) is 0 Å². The van der Waals surface area contributed by atoms with Gasteiger partial charge in [0.2, 0.25) is 0 Å². The summed E-state index contributed by atoms with van der Waals surface area (Å²) in [7, 11) is 0. The fourth-order valence-corrected chi connectivity index (χ4v) is 2.75. The monoisotopic (exact) mass is 276 g/mol. The molecule has 0 N–H and O–H groups in total. The van der Waals surface area contributed by atoms with Gasteiger partial charge in [0.25, 0.3) is 0 Å². The molecule has 0 unspecified atom stereocenters. The van der Waals surface area contributed by atoms with Crippen LogP contribution in [0.4, 0.5) is 0 Å². The van der Waals surface area contributed by atoms with E-state index in [4.69, 9.17) is 0 Å². The van der Waals surface area contributed by atoms with E-state index in [1.165, 1.54) is 44.2 Å². The van der Waals surface area contributed by atoms with Crippen molar-refractivity contribution in [1.82, 2.24) is 0 Å². The van der Waals surface area contributed by atoms with Gasteiger partial charge < -0.3 is 0 Å². The first-order valence-electron chi connectivity index (χ1n) is 7.46. The van der Waals surface area contributed by atoms with E-state index in [1.807, 2.05) is 6.08 Å². The Bertz CT molecular complexity index is 751. The lowest BCUT2D eigenvalue weighted by atomic mass is 9.90. The summed E-state index contributed by atoms with van der Waals surface area (Å²) in [6, 6.07) is 11.1. The summed E-state index contributed by atoms with van der Waals surface area (Å²) in [6.45, 7) is 14.7. The van der Waals surface area contributed by atoms with Gasteiger partial charge in [0.1, 0.15) is 0 Å². The predicted octanol–water partition coefficient (Wildman–Crippen LogP) is 6.55. The maximum absolute atomic E-state index is 3.94. The SMILES string of the molecule is C=C/C(=C\C)c1cc(C(C)=C(C)C)c2c(C)cccc2c1. The van der Waals surface area contributed by atoms with E-state index in [1.54, 1.807) is 0 Å². The van der Waals surface area contributed by atoms with E-state index in [-0.39, 0.29) is 0 Å². The lowest BCUT2D eigenvalue weighted by molar-refractivity contribution is 1.37. The molecule has 2 rings (SSSR count). The minimum atomic E-state index is 1.18. The van der Waals surface area contributed by atoms with E-state index in [0.717, 1.165) is 0 Å². The Morgan fingerprint density at radius 2 is 1.81 bits per heavy atom. The third-order valence-electron chi connectivity index (χ3n) is 4.20. The second-order valence-electron chi connectivity index (χ2n) is 5.77. The second kappa shape index (κ2) is 6.13. The normalized spacial score (nSPS) is 11.6. The van der Waals surface area contributed by atoms with Gasteiger partial charge in [0.15, 0.2) is 0 Å². The van der Waals surface area contributed by atoms with Gasteiger partial charge in [0, 0.05) is 0 Å². The highest BCUT2D eigenvalue weighted by atomic mass is 14.1. The van der Waals surface area contributed by atoms with Gasteiger partial charge in [-0.15, -0.1) is 0 Å². The molecule has 0 atom stereocenters. The number of benzene rings is 2. The molecule has 0 fully saturated rings. The zero-order chi connectivity index (χ0) is 15.6. The molecule has 2 aromatic carbocycles. The molecule has 0 radical (unpaired) electrons.